The number of rotatable bonds is 6. The lowest BCUT2D eigenvalue weighted by Crippen LogP contribution is -2.36. The number of allylic oxidation sites excluding steroid dienone is 2. The van der Waals surface area contributed by atoms with Crippen LogP contribution in [0.25, 0.3) is 0 Å². The van der Waals surface area contributed by atoms with Gasteiger partial charge in [-0.15, -0.1) is 0 Å². The van der Waals surface area contributed by atoms with Crippen LogP contribution in [0.4, 0.5) is 0 Å². The van der Waals surface area contributed by atoms with Gasteiger partial charge in [-0.25, -0.2) is 0 Å². The van der Waals surface area contributed by atoms with E-state index >= 15 is 0 Å². The van der Waals surface area contributed by atoms with Gasteiger partial charge in [0.2, 0.25) is 5.91 Å². The average Bonchev–Trinajstić information content (AvgIpc) is 2.32. The van der Waals surface area contributed by atoms with Crippen LogP contribution in [-0.2, 0) is 4.79 Å². The van der Waals surface area contributed by atoms with Gasteiger partial charge in [-0.1, -0.05) is 32.4 Å². The Bertz CT molecular complexity index is 263. The van der Waals surface area contributed by atoms with Crippen LogP contribution in [0.2, 0.25) is 0 Å². The van der Waals surface area contributed by atoms with E-state index in [9.17, 15) is 4.79 Å². The predicted molar refractivity (Wildman–Crippen MR) is 71.5 cm³/mol. The molecule has 3 N–H and O–H groups in total. The van der Waals surface area contributed by atoms with Gasteiger partial charge >= 0.3 is 0 Å². The molecule has 0 saturated heterocycles. The topological polar surface area (TPSA) is 55.1 Å². The zero-order valence-corrected chi connectivity index (χ0v) is 11.1. The molecule has 0 aliphatic heterocycles. The molecular weight excluding hydrogens is 212 g/mol. The van der Waals surface area contributed by atoms with Gasteiger partial charge in [0.25, 0.3) is 0 Å². The summed E-state index contributed by atoms with van der Waals surface area (Å²) in [7, 11) is 0. The number of hydrogen-bond donors (Lipinski definition) is 2. The van der Waals surface area contributed by atoms with Crippen molar-refractivity contribution >= 4 is 5.91 Å². The van der Waals surface area contributed by atoms with Gasteiger partial charge in [0.1, 0.15) is 0 Å². The number of hydrogen-bond acceptors (Lipinski definition) is 2. The number of unbranched alkanes of at least 4 members (excludes halogenated alkanes) is 2. The SMILES string of the molecule is CC1C=CC(C)C(C(=O)NCCCCCN)C1. The van der Waals surface area contributed by atoms with E-state index in [-0.39, 0.29) is 11.8 Å². The Morgan fingerprint density at radius 1 is 1.29 bits per heavy atom. The zero-order chi connectivity index (χ0) is 12.7. The highest BCUT2D eigenvalue weighted by atomic mass is 16.1. The number of amides is 1. The molecule has 0 aromatic carbocycles. The average molecular weight is 238 g/mol. The van der Waals surface area contributed by atoms with Gasteiger partial charge in [-0.05, 0) is 37.6 Å². The van der Waals surface area contributed by atoms with E-state index in [0.29, 0.717) is 11.8 Å². The fourth-order valence-corrected chi connectivity index (χ4v) is 2.33. The third-order valence-corrected chi connectivity index (χ3v) is 3.52. The Kier molecular flexibility index (Phi) is 6.27. The lowest BCUT2D eigenvalue weighted by molar-refractivity contribution is -0.126. The second-order valence-electron chi connectivity index (χ2n) is 5.20. The molecule has 17 heavy (non-hydrogen) atoms. The van der Waals surface area contributed by atoms with Gasteiger partial charge in [0, 0.05) is 12.5 Å². The normalized spacial score (nSPS) is 28.1. The lowest BCUT2D eigenvalue weighted by atomic mass is 9.80. The summed E-state index contributed by atoms with van der Waals surface area (Å²) in [4.78, 5) is 12.0. The first-order chi connectivity index (χ1) is 8.15. The Balaban J connectivity index is 2.25. The van der Waals surface area contributed by atoms with E-state index in [1.165, 1.54) is 0 Å². The molecule has 3 unspecified atom stereocenters. The molecule has 0 heterocycles. The Labute approximate surface area is 105 Å². The summed E-state index contributed by atoms with van der Waals surface area (Å²) in [6.07, 6.45) is 8.56. The van der Waals surface area contributed by atoms with Crippen molar-refractivity contribution in [3.8, 4) is 0 Å². The van der Waals surface area contributed by atoms with Crippen molar-refractivity contribution in [3.05, 3.63) is 12.2 Å². The minimum absolute atomic E-state index is 0.157. The molecule has 98 valence electrons. The Morgan fingerprint density at radius 3 is 2.76 bits per heavy atom. The number of nitrogens with two attached hydrogens (primary N) is 1. The highest BCUT2D eigenvalue weighted by Crippen LogP contribution is 2.27. The maximum atomic E-state index is 12.0. The fourth-order valence-electron chi connectivity index (χ4n) is 2.33. The van der Waals surface area contributed by atoms with E-state index in [4.69, 9.17) is 5.73 Å². The van der Waals surface area contributed by atoms with Crippen LogP contribution in [0.5, 0.6) is 0 Å². The van der Waals surface area contributed by atoms with Crippen molar-refractivity contribution in [1.29, 1.82) is 0 Å². The molecule has 3 atom stereocenters. The largest absolute Gasteiger partial charge is 0.356 e. The molecule has 0 fully saturated rings. The molecule has 3 heteroatoms. The van der Waals surface area contributed by atoms with E-state index in [1.807, 2.05) is 0 Å². The maximum Gasteiger partial charge on any atom is 0.223 e. The monoisotopic (exact) mass is 238 g/mol. The zero-order valence-electron chi connectivity index (χ0n) is 11.1. The van der Waals surface area contributed by atoms with E-state index in [0.717, 1.165) is 38.8 Å². The van der Waals surface area contributed by atoms with Crippen LogP contribution in [-0.4, -0.2) is 19.0 Å². The fraction of sp³-hybridized carbons (Fsp3) is 0.786. The second-order valence-corrected chi connectivity index (χ2v) is 5.20. The minimum Gasteiger partial charge on any atom is -0.356 e. The van der Waals surface area contributed by atoms with Gasteiger partial charge in [0.05, 0.1) is 0 Å². The lowest BCUT2D eigenvalue weighted by Gasteiger charge is -2.27. The molecule has 3 nitrogen and oxygen atoms in total. The van der Waals surface area contributed by atoms with Gasteiger partial charge in [-0.3, -0.25) is 4.79 Å². The van der Waals surface area contributed by atoms with Gasteiger partial charge in [-0.2, -0.15) is 0 Å². The molecule has 0 bridgehead atoms. The summed E-state index contributed by atoms with van der Waals surface area (Å²) in [5, 5.41) is 3.05. The highest BCUT2D eigenvalue weighted by molar-refractivity contribution is 5.79. The molecule has 1 aliphatic rings. The van der Waals surface area contributed by atoms with E-state index in [2.05, 4.69) is 31.3 Å². The van der Waals surface area contributed by atoms with Crippen LogP contribution in [0.3, 0.4) is 0 Å². The second kappa shape index (κ2) is 7.49. The molecule has 0 saturated carbocycles. The third-order valence-electron chi connectivity index (χ3n) is 3.52. The summed E-state index contributed by atoms with van der Waals surface area (Å²) in [5.41, 5.74) is 5.43. The predicted octanol–water partition coefficient (Wildman–Crippen LogP) is 2.08. The maximum absolute atomic E-state index is 12.0. The molecule has 1 aliphatic carbocycles. The van der Waals surface area contributed by atoms with Crippen LogP contribution < -0.4 is 11.1 Å². The Hall–Kier alpha value is -0.830. The molecule has 1 amide bonds. The molecule has 1 rings (SSSR count). The van der Waals surface area contributed by atoms with E-state index < -0.39 is 0 Å². The third kappa shape index (κ3) is 4.90. The summed E-state index contributed by atoms with van der Waals surface area (Å²) in [6, 6.07) is 0. The van der Waals surface area contributed by atoms with Crippen molar-refractivity contribution in [2.24, 2.45) is 23.5 Å². The first-order valence-electron chi connectivity index (χ1n) is 6.81. The standard InChI is InChI=1S/C14H26N2O/c1-11-6-7-12(2)13(10-11)14(17)16-9-5-3-4-8-15/h6-7,11-13H,3-5,8-10,15H2,1-2H3,(H,16,17). The first kappa shape index (κ1) is 14.2. The highest BCUT2D eigenvalue weighted by Gasteiger charge is 2.27. The minimum atomic E-state index is 0.157. The van der Waals surface area contributed by atoms with Crippen molar-refractivity contribution in [1.82, 2.24) is 5.32 Å². The molecule has 0 aromatic heterocycles. The quantitative estimate of drug-likeness (QED) is 0.550. The number of carbonyl (C=O) groups is 1. The van der Waals surface area contributed by atoms with E-state index in [1.54, 1.807) is 0 Å². The van der Waals surface area contributed by atoms with Crippen molar-refractivity contribution in [2.75, 3.05) is 13.1 Å². The Morgan fingerprint density at radius 2 is 2.06 bits per heavy atom. The summed E-state index contributed by atoms with van der Waals surface area (Å²) in [5.74, 6) is 1.28. The van der Waals surface area contributed by atoms with Crippen molar-refractivity contribution < 1.29 is 4.79 Å². The summed E-state index contributed by atoms with van der Waals surface area (Å²) in [6.45, 7) is 5.83. The van der Waals surface area contributed by atoms with Crippen molar-refractivity contribution in [2.45, 2.75) is 39.5 Å². The molecule has 0 spiro atoms. The van der Waals surface area contributed by atoms with Crippen LogP contribution >= 0.6 is 0 Å². The molecule has 0 radical (unpaired) electrons. The number of nitrogens with one attached hydrogen (secondary N) is 1. The smallest absolute Gasteiger partial charge is 0.223 e. The van der Waals surface area contributed by atoms with Crippen LogP contribution in [0, 0.1) is 17.8 Å². The van der Waals surface area contributed by atoms with Crippen LogP contribution in [0.15, 0.2) is 12.2 Å². The molecule has 0 aromatic rings. The number of carbonyl (C=O) groups excluding carboxylic acids is 1. The molecular formula is C14H26N2O. The summed E-state index contributed by atoms with van der Waals surface area (Å²) >= 11 is 0. The van der Waals surface area contributed by atoms with Crippen LogP contribution in [0.1, 0.15) is 39.5 Å². The van der Waals surface area contributed by atoms with Crippen molar-refractivity contribution in [3.63, 3.8) is 0 Å². The van der Waals surface area contributed by atoms with Gasteiger partial charge in [0.15, 0.2) is 0 Å². The summed E-state index contributed by atoms with van der Waals surface area (Å²) < 4.78 is 0. The van der Waals surface area contributed by atoms with Gasteiger partial charge < -0.3 is 11.1 Å². The first-order valence-corrected chi connectivity index (χ1v) is 6.81.